The van der Waals surface area contributed by atoms with Crippen LogP contribution < -0.4 is 5.32 Å². The van der Waals surface area contributed by atoms with Crippen LogP contribution in [0.1, 0.15) is 5.76 Å². The first kappa shape index (κ1) is 13.8. The summed E-state index contributed by atoms with van der Waals surface area (Å²) in [6.45, 7) is 0.331. The van der Waals surface area contributed by atoms with E-state index in [0.29, 0.717) is 12.3 Å². The van der Waals surface area contributed by atoms with Gasteiger partial charge in [0.25, 0.3) is 0 Å². The Morgan fingerprint density at radius 3 is 2.86 bits per heavy atom. The standard InChI is InChI=1S/C16H13BrN2O2/c17-13-7-3-6-12(8-13)15-9-14(21-19-15)10-18-16(20)11-4-1-2-5-11/h1-9,11H,10H2,(H,18,20). The van der Waals surface area contributed by atoms with Gasteiger partial charge in [-0.1, -0.05) is 57.5 Å². The molecule has 3 rings (SSSR count). The molecule has 0 unspecified atom stereocenters. The van der Waals surface area contributed by atoms with E-state index >= 15 is 0 Å². The van der Waals surface area contributed by atoms with Crippen LogP contribution in [0.4, 0.5) is 0 Å². The minimum atomic E-state index is -0.183. The third-order valence-corrected chi connectivity index (χ3v) is 3.66. The number of carbonyl (C=O) groups is 1. The fourth-order valence-corrected chi connectivity index (χ4v) is 2.48. The molecule has 0 aliphatic heterocycles. The van der Waals surface area contributed by atoms with Crippen LogP contribution in [0.25, 0.3) is 11.3 Å². The van der Waals surface area contributed by atoms with Gasteiger partial charge in [0.2, 0.25) is 5.91 Å². The molecule has 1 aromatic heterocycles. The fourth-order valence-electron chi connectivity index (χ4n) is 2.08. The molecular formula is C16H13BrN2O2. The maximum atomic E-state index is 11.9. The van der Waals surface area contributed by atoms with Crippen molar-refractivity contribution >= 4 is 21.8 Å². The predicted molar refractivity (Wildman–Crippen MR) is 83.3 cm³/mol. The highest BCUT2D eigenvalue weighted by atomic mass is 79.9. The Morgan fingerprint density at radius 1 is 1.29 bits per heavy atom. The molecule has 0 bridgehead atoms. The van der Waals surface area contributed by atoms with Gasteiger partial charge < -0.3 is 9.84 Å². The second-order valence-corrected chi connectivity index (χ2v) is 5.62. The van der Waals surface area contributed by atoms with E-state index < -0.39 is 0 Å². The van der Waals surface area contributed by atoms with Crippen molar-refractivity contribution < 1.29 is 9.32 Å². The number of hydrogen-bond donors (Lipinski definition) is 1. The molecule has 21 heavy (non-hydrogen) atoms. The molecular weight excluding hydrogens is 332 g/mol. The summed E-state index contributed by atoms with van der Waals surface area (Å²) in [7, 11) is 0. The lowest BCUT2D eigenvalue weighted by molar-refractivity contribution is -0.122. The van der Waals surface area contributed by atoms with Crippen LogP contribution in [-0.4, -0.2) is 11.1 Å². The second-order valence-electron chi connectivity index (χ2n) is 4.70. The Bertz CT molecular complexity index is 707. The van der Waals surface area contributed by atoms with E-state index in [-0.39, 0.29) is 11.8 Å². The maximum absolute atomic E-state index is 11.9. The number of hydrogen-bond acceptors (Lipinski definition) is 3. The normalized spacial score (nSPS) is 13.8. The molecule has 1 aromatic carbocycles. The summed E-state index contributed by atoms with van der Waals surface area (Å²) < 4.78 is 6.24. The van der Waals surface area contributed by atoms with E-state index in [0.717, 1.165) is 15.7 Å². The molecule has 0 saturated carbocycles. The van der Waals surface area contributed by atoms with Crippen molar-refractivity contribution in [1.82, 2.24) is 10.5 Å². The van der Waals surface area contributed by atoms with Gasteiger partial charge in [0.05, 0.1) is 12.5 Å². The summed E-state index contributed by atoms with van der Waals surface area (Å²) in [6.07, 6.45) is 7.43. The van der Waals surface area contributed by atoms with Gasteiger partial charge >= 0.3 is 0 Å². The number of halogens is 1. The molecule has 5 heteroatoms. The first-order valence-corrected chi connectivity index (χ1v) is 7.36. The number of nitrogens with zero attached hydrogens (tertiary/aromatic N) is 1. The predicted octanol–water partition coefficient (Wildman–Crippen LogP) is 3.46. The first-order valence-electron chi connectivity index (χ1n) is 6.56. The molecule has 0 radical (unpaired) electrons. The average molecular weight is 345 g/mol. The Labute approximate surface area is 130 Å². The SMILES string of the molecule is O=C(NCc1cc(-c2cccc(Br)c2)no1)C1C=CC=C1. The Morgan fingerprint density at radius 2 is 2.10 bits per heavy atom. The van der Waals surface area contributed by atoms with E-state index in [1.54, 1.807) is 0 Å². The van der Waals surface area contributed by atoms with Crippen molar-refractivity contribution in [1.29, 1.82) is 0 Å². The largest absolute Gasteiger partial charge is 0.359 e. The van der Waals surface area contributed by atoms with Crippen molar-refractivity contribution in [2.75, 3.05) is 0 Å². The van der Waals surface area contributed by atoms with Gasteiger partial charge in [-0.15, -0.1) is 0 Å². The van der Waals surface area contributed by atoms with Crippen molar-refractivity contribution in [3.05, 3.63) is 64.9 Å². The summed E-state index contributed by atoms with van der Waals surface area (Å²) >= 11 is 3.43. The van der Waals surface area contributed by atoms with Crippen molar-refractivity contribution in [2.45, 2.75) is 6.54 Å². The summed E-state index contributed by atoms with van der Waals surface area (Å²) in [5, 5.41) is 6.86. The van der Waals surface area contributed by atoms with Gasteiger partial charge in [-0.2, -0.15) is 0 Å². The average Bonchev–Trinajstić information content (AvgIpc) is 3.16. The van der Waals surface area contributed by atoms with Crippen molar-refractivity contribution in [3.8, 4) is 11.3 Å². The quantitative estimate of drug-likeness (QED) is 0.923. The Kier molecular flexibility index (Phi) is 4.01. The molecule has 0 fully saturated rings. The zero-order valence-electron chi connectivity index (χ0n) is 11.1. The lowest BCUT2D eigenvalue weighted by Crippen LogP contribution is -2.27. The van der Waals surface area contributed by atoms with Crippen LogP contribution in [0.3, 0.4) is 0 Å². The fraction of sp³-hybridized carbons (Fsp3) is 0.125. The Balaban J connectivity index is 1.64. The van der Waals surface area contributed by atoms with Gasteiger partial charge in [-0.05, 0) is 12.1 Å². The zero-order chi connectivity index (χ0) is 14.7. The number of allylic oxidation sites excluding steroid dienone is 2. The topological polar surface area (TPSA) is 55.1 Å². The van der Waals surface area contributed by atoms with Gasteiger partial charge in [0.15, 0.2) is 5.76 Å². The lowest BCUT2D eigenvalue weighted by atomic mass is 10.1. The smallest absolute Gasteiger partial charge is 0.231 e. The van der Waals surface area contributed by atoms with Crippen molar-refractivity contribution in [2.24, 2.45) is 5.92 Å². The second kappa shape index (κ2) is 6.10. The van der Waals surface area contributed by atoms with E-state index in [1.807, 2.05) is 54.6 Å². The van der Waals surface area contributed by atoms with E-state index in [2.05, 4.69) is 26.4 Å². The minimum absolute atomic E-state index is 0.0413. The van der Waals surface area contributed by atoms with Crippen molar-refractivity contribution in [3.63, 3.8) is 0 Å². The number of amides is 1. The Hall–Kier alpha value is -2.14. The van der Waals surface area contributed by atoms with Gasteiger partial charge in [0, 0.05) is 16.1 Å². The lowest BCUT2D eigenvalue weighted by Gasteiger charge is -2.05. The van der Waals surface area contributed by atoms with Gasteiger partial charge in [-0.3, -0.25) is 4.79 Å². The molecule has 4 nitrogen and oxygen atoms in total. The van der Waals surface area contributed by atoms with Gasteiger partial charge in [-0.25, -0.2) is 0 Å². The third-order valence-electron chi connectivity index (χ3n) is 3.17. The zero-order valence-corrected chi connectivity index (χ0v) is 12.7. The van der Waals surface area contributed by atoms with Crippen LogP contribution in [0, 0.1) is 5.92 Å². The van der Waals surface area contributed by atoms with Crippen LogP contribution in [-0.2, 0) is 11.3 Å². The minimum Gasteiger partial charge on any atom is -0.359 e. The first-order chi connectivity index (χ1) is 10.2. The molecule has 0 spiro atoms. The molecule has 0 atom stereocenters. The summed E-state index contributed by atoms with van der Waals surface area (Å²) in [5.41, 5.74) is 1.72. The molecule has 1 amide bonds. The molecule has 1 N–H and O–H groups in total. The number of rotatable bonds is 4. The number of benzene rings is 1. The van der Waals surface area contributed by atoms with E-state index in [1.165, 1.54) is 0 Å². The maximum Gasteiger partial charge on any atom is 0.231 e. The van der Waals surface area contributed by atoms with E-state index in [9.17, 15) is 4.79 Å². The van der Waals surface area contributed by atoms with Crippen LogP contribution in [0.15, 0.2) is 63.6 Å². The summed E-state index contributed by atoms with van der Waals surface area (Å²) in [5.74, 6) is 0.405. The number of carbonyl (C=O) groups excluding carboxylic acids is 1. The number of aromatic nitrogens is 1. The molecule has 0 saturated heterocycles. The molecule has 1 aliphatic rings. The van der Waals surface area contributed by atoms with Crippen LogP contribution in [0.5, 0.6) is 0 Å². The highest BCUT2D eigenvalue weighted by Gasteiger charge is 2.15. The van der Waals surface area contributed by atoms with Crippen LogP contribution >= 0.6 is 15.9 Å². The molecule has 1 aliphatic carbocycles. The summed E-state index contributed by atoms with van der Waals surface area (Å²) in [6, 6.07) is 9.65. The highest BCUT2D eigenvalue weighted by Crippen LogP contribution is 2.22. The molecule has 1 heterocycles. The van der Waals surface area contributed by atoms with E-state index in [4.69, 9.17) is 4.52 Å². The summed E-state index contributed by atoms with van der Waals surface area (Å²) in [4.78, 5) is 11.9. The molecule has 2 aromatic rings. The highest BCUT2D eigenvalue weighted by molar-refractivity contribution is 9.10. The monoisotopic (exact) mass is 344 g/mol. The van der Waals surface area contributed by atoms with Crippen LogP contribution in [0.2, 0.25) is 0 Å². The molecule has 106 valence electrons. The number of nitrogens with one attached hydrogen (secondary N) is 1. The van der Waals surface area contributed by atoms with Gasteiger partial charge in [0.1, 0.15) is 5.69 Å². The third kappa shape index (κ3) is 3.31.